The van der Waals surface area contributed by atoms with Crippen LogP contribution in [-0.2, 0) is 0 Å². The highest BCUT2D eigenvalue weighted by Gasteiger charge is 2.19. The molecule has 0 saturated carbocycles. The third kappa shape index (κ3) is 1.92. The Kier molecular flexibility index (Phi) is 2.84. The van der Waals surface area contributed by atoms with Crippen molar-refractivity contribution < 1.29 is 0 Å². The third-order valence-electron chi connectivity index (χ3n) is 2.79. The van der Waals surface area contributed by atoms with Crippen LogP contribution in [0.2, 0.25) is 0 Å². The summed E-state index contributed by atoms with van der Waals surface area (Å²) in [7, 11) is 0. The first-order valence-corrected chi connectivity index (χ1v) is 5.18. The summed E-state index contributed by atoms with van der Waals surface area (Å²) in [6, 6.07) is 3.96. The van der Waals surface area contributed by atoms with Crippen LogP contribution in [0.3, 0.4) is 0 Å². The van der Waals surface area contributed by atoms with Gasteiger partial charge in [-0.05, 0) is 31.0 Å². The van der Waals surface area contributed by atoms with E-state index in [1.165, 1.54) is 6.42 Å². The molecule has 1 aliphatic rings. The quantitative estimate of drug-likeness (QED) is 0.717. The van der Waals surface area contributed by atoms with Crippen molar-refractivity contribution in [3.8, 4) is 6.07 Å². The van der Waals surface area contributed by atoms with Crippen molar-refractivity contribution in [1.29, 1.82) is 5.26 Å². The summed E-state index contributed by atoms with van der Waals surface area (Å²) in [4.78, 5) is 13.9. The number of nitrogens with zero attached hydrogens (tertiary/aromatic N) is 1. The van der Waals surface area contributed by atoms with Gasteiger partial charge in [-0.1, -0.05) is 6.42 Å². The average Bonchev–Trinajstić information content (AvgIpc) is 2.30. The fraction of sp³-hybridized carbons (Fsp3) is 0.455. The Balaban J connectivity index is 2.39. The number of piperidine rings is 1. The van der Waals surface area contributed by atoms with Gasteiger partial charge in [0.15, 0.2) is 0 Å². The summed E-state index contributed by atoms with van der Waals surface area (Å²) in [5, 5.41) is 12.3. The van der Waals surface area contributed by atoms with Gasteiger partial charge >= 0.3 is 0 Å². The maximum absolute atomic E-state index is 11.4. The first-order valence-electron chi connectivity index (χ1n) is 5.18. The number of aromatic amines is 1. The van der Waals surface area contributed by atoms with Crippen LogP contribution in [0.25, 0.3) is 0 Å². The zero-order valence-electron chi connectivity index (χ0n) is 8.42. The van der Waals surface area contributed by atoms with E-state index in [-0.39, 0.29) is 17.2 Å². The molecular formula is C11H13N3O. The van der Waals surface area contributed by atoms with Gasteiger partial charge < -0.3 is 10.3 Å². The molecule has 4 nitrogen and oxygen atoms in total. The molecule has 0 bridgehead atoms. The number of hydrogen-bond donors (Lipinski definition) is 2. The van der Waals surface area contributed by atoms with Crippen LogP contribution in [0.1, 0.15) is 36.4 Å². The first-order chi connectivity index (χ1) is 7.33. The Bertz CT molecular complexity index is 438. The smallest absolute Gasteiger partial charge is 0.266 e. The molecule has 1 aromatic heterocycles. The maximum Gasteiger partial charge on any atom is 0.266 e. The van der Waals surface area contributed by atoms with Crippen LogP contribution < -0.4 is 10.9 Å². The molecule has 0 aromatic carbocycles. The molecular weight excluding hydrogens is 190 g/mol. The van der Waals surface area contributed by atoms with Crippen LogP contribution in [0.4, 0.5) is 0 Å². The summed E-state index contributed by atoms with van der Waals surface area (Å²) in [5.74, 6) is 0. The van der Waals surface area contributed by atoms with Crippen molar-refractivity contribution in [3.05, 3.63) is 33.7 Å². The Morgan fingerprint density at radius 3 is 3.00 bits per heavy atom. The van der Waals surface area contributed by atoms with E-state index >= 15 is 0 Å². The van der Waals surface area contributed by atoms with E-state index in [1.54, 1.807) is 6.20 Å². The van der Waals surface area contributed by atoms with E-state index in [2.05, 4.69) is 10.3 Å². The van der Waals surface area contributed by atoms with Gasteiger partial charge in [0.25, 0.3) is 5.56 Å². The fourth-order valence-corrected chi connectivity index (χ4v) is 2.02. The molecule has 1 saturated heterocycles. The van der Waals surface area contributed by atoms with Crippen molar-refractivity contribution in [2.24, 2.45) is 0 Å². The second-order valence-electron chi connectivity index (χ2n) is 3.75. The van der Waals surface area contributed by atoms with Crippen molar-refractivity contribution in [2.75, 3.05) is 6.54 Å². The minimum absolute atomic E-state index is 0.163. The van der Waals surface area contributed by atoms with E-state index in [0.29, 0.717) is 0 Å². The molecule has 15 heavy (non-hydrogen) atoms. The molecule has 1 aromatic rings. The van der Waals surface area contributed by atoms with Gasteiger partial charge in [-0.2, -0.15) is 5.26 Å². The number of nitriles is 1. The Labute approximate surface area is 87.9 Å². The fourth-order valence-electron chi connectivity index (χ4n) is 2.02. The van der Waals surface area contributed by atoms with Crippen LogP contribution >= 0.6 is 0 Å². The number of nitrogens with one attached hydrogen (secondary N) is 2. The van der Waals surface area contributed by atoms with Gasteiger partial charge in [0, 0.05) is 12.2 Å². The van der Waals surface area contributed by atoms with Gasteiger partial charge in [-0.25, -0.2) is 0 Å². The number of H-pyrrole nitrogens is 1. The Hall–Kier alpha value is -1.60. The molecule has 1 unspecified atom stereocenters. The number of aromatic nitrogens is 1. The molecule has 78 valence electrons. The number of hydrogen-bond acceptors (Lipinski definition) is 3. The number of pyridine rings is 1. The first kappa shape index (κ1) is 9.94. The molecule has 0 radical (unpaired) electrons. The molecule has 0 aliphatic carbocycles. The van der Waals surface area contributed by atoms with E-state index in [4.69, 9.17) is 5.26 Å². The molecule has 2 N–H and O–H groups in total. The molecule has 0 spiro atoms. The monoisotopic (exact) mass is 203 g/mol. The highest BCUT2D eigenvalue weighted by molar-refractivity contribution is 5.37. The normalized spacial score (nSPS) is 20.9. The summed E-state index contributed by atoms with van der Waals surface area (Å²) in [5.41, 5.74) is 0.792. The zero-order valence-corrected chi connectivity index (χ0v) is 8.42. The van der Waals surface area contributed by atoms with E-state index in [9.17, 15) is 4.79 Å². The van der Waals surface area contributed by atoms with E-state index in [1.807, 2.05) is 12.1 Å². The zero-order chi connectivity index (χ0) is 10.7. The van der Waals surface area contributed by atoms with Gasteiger partial charge in [0.05, 0.1) is 0 Å². The van der Waals surface area contributed by atoms with Crippen molar-refractivity contribution in [2.45, 2.75) is 25.3 Å². The van der Waals surface area contributed by atoms with Gasteiger partial charge in [0.2, 0.25) is 0 Å². The van der Waals surface area contributed by atoms with Crippen molar-refractivity contribution in [3.63, 3.8) is 0 Å². The lowest BCUT2D eigenvalue weighted by atomic mass is 9.95. The lowest BCUT2D eigenvalue weighted by Gasteiger charge is -2.24. The predicted octanol–water partition coefficient (Wildman–Crippen LogP) is 1.06. The second-order valence-corrected chi connectivity index (χ2v) is 3.75. The highest BCUT2D eigenvalue weighted by atomic mass is 16.1. The SMILES string of the molecule is N#Cc1c(C2CCCCN2)cc[nH]c1=O. The summed E-state index contributed by atoms with van der Waals surface area (Å²) in [6.45, 7) is 0.961. The van der Waals surface area contributed by atoms with E-state index < -0.39 is 0 Å². The van der Waals surface area contributed by atoms with Gasteiger partial charge in [-0.3, -0.25) is 4.79 Å². The van der Waals surface area contributed by atoms with Crippen LogP contribution in [-0.4, -0.2) is 11.5 Å². The molecule has 0 amide bonds. The van der Waals surface area contributed by atoms with Crippen molar-refractivity contribution in [1.82, 2.24) is 10.3 Å². The number of rotatable bonds is 1. The third-order valence-corrected chi connectivity index (χ3v) is 2.79. The summed E-state index contributed by atoms with van der Waals surface area (Å²) >= 11 is 0. The van der Waals surface area contributed by atoms with Crippen LogP contribution in [0.15, 0.2) is 17.1 Å². The van der Waals surface area contributed by atoms with E-state index in [0.717, 1.165) is 24.9 Å². The Morgan fingerprint density at radius 2 is 2.33 bits per heavy atom. The standard InChI is InChI=1S/C11H13N3O/c12-7-9-8(4-6-14-11(9)15)10-3-1-2-5-13-10/h4,6,10,13H,1-3,5H2,(H,14,15). The van der Waals surface area contributed by atoms with Crippen molar-refractivity contribution >= 4 is 0 Å². The summed E-state index contributed by atoms with van der Waals surface area (Å²) in [6.07, 6.45) is 4.92. The molecule has 4 heteroatoms. The largest absolute Gasteiger partial charge is 0.328 e. The van der Waals surface area contributed by atoms with Crippen LogP contribution in [0.5, 0.6) is 0 Å². The molecule has 2 heterocycles. The lowest BCUT2D eigenvalue weighted by molar-refractivity contribution is 0.411. The molecule has 1 fully saturated rings. The van der Waals surface area contributed by atoms with Gasteiger partial charge in [0.1, 0.15) is 11.6 Å². The maximum atomic E-state index is 11.4. The topological polar surface area (TPSA) is 68.7 Å². The molecule has 2 rings (SSSR count). The minimum Gasteiger partial charge on any atom is -0.328 e. The molecule has 1 atom stereocenters. The molecule has 1 aliphatic heterocycles. The lowest BCUT2D eigenvalue weighted by Crippen LogP contribution is -2.29. The Morgan fingerprint density at radius 1 is 1.47 bits per heavy atom. The minimum atomic E-state index is -0.289. The van der Waals surface area contributed by atoms with Crippen LogP contribution in [0, 0.1) is 11.3 Å². The predicted molar refractivity (Wildman–Crippen MR) is 56.4 cm³/mol. The average molecular weight is 203 g/mol. The highest BCUT2D eigenvalue weighted by Crippen LogP contribution is 2.23. The second kappa shape index (κ2) is 4.28. The summed E-state index contributed by atoms with van der Waals surface area (Å²) < 4.78 is 0. The van der Waals surface area contributed by atoms with Gasteiger partial charge in [-0.15, -0.1) is 0 Å².